The van der Waals surface area contributed by atoms with Crippen molar-refractivity contribution < 1.29 is 9.53 Å². The zero-order chi connectivity index (χ0) is 19.1. The summed E-state index contributed by atoms with van der Waals surface area (Å²) in [5, 5.41) is 7.45. The van der Waals surface area contributed by atoms with Gasteiger partial charge in [0.2, 0.25) is 5.91 Å². The maximum absolute atomic E-state index is 12.4. The van der Waals surface area contributed by atoms with Crippen molar-refractivity contribution in [2.24, 2.45) is 0 Å². The zero-order valence-electron chi connectivity index (χ0n) is 15.8. The molecule has 1 aliphatic rings. The molecule has 144 valence electrons. The Hall–Kier alpha value is -2.63. The first-order chi connectivity index (χ1) is 13.2. The number of hydrogen-bond acceptors (Lipinski definition) is 4. The van der Waals surface area contributed by atoms with Gasteiger partial charge in [-0.3, -0.25) is 9.59 Å². The smallest absolute Gasteiger partial charge is 0.267 e. The van der Waals surface area contributed by atoms with Crippen molar-refractivity contribution in [3.05, 3.63) is 46.8 Å². The Bertz CT molecular complexity index is 823. The summed E-state index contributed by atoms with van der Waals surface area (Å²) in [6.07, 6.45) is 8.07. The molecule has 6 heteroatoms. The Kier molecular flexibility index (Phi) is 6.63. The fraction of sp³-hybridized carbons (Fsp3) is 0.476. The topological polar surface area (TPSA) is 73.2 Å². The number of nitrogens with one attached hydrogen (secondary N) is 1. The number of amides is 1. The summed E-state index contributed by atoms with van der Waals surface area (Å²) in [5.74, 6) is 0.562. The molecule has 27 heavy (non-hydrogen) atoms. The highest BCUT2D eigenvalue weighted by Crippen LogP contribution is 2.21. The van der Waals surface area contributed by atoms with Crippen LogP contribution in [0.2, 0.25) is 0 Å². The standard InChI is InChI=1S/C21H27N3O3/c1-27-18-11-7-8-16(14-18)19-12-13-21(26)24(23-19)15-20(25)22-17-9-5-3-2-4-6-10-17/h7-8,11-14,17H,2-6,9-10,15H2,1H3,(H,22,25). The highest BCUT2D eigenvalue weighted by molar-refractivity contribution is 5.76. The molecular formula is C21H27N3O3. The average Bonchev–Trinajstić information content (AvgIpc) is 2.65. The molecule has 2 aromatic rings. The van der Waals surface area contributed by atoms with E-state index in [1.54, 1.807) is 13.2 Å². The maximum Gasteiger partial charge on any atom is 0.267 e. The molecule has 1 aliphatic carbocycles. The van der Waals surface area contributed by atoms with Crippen LogP contribution in [0.1, 0.15) is 44.9 Å². The van der Waals surface area contributed by atoms with Crippen molar-refractivity contribution in [1.29, 1.82) is 0 Å². The molecule has 0 radical (unpaired) electrons. The van der Waals surface area contributed by atoms with E-state index in [1.807, 2.05) is 24.3 Å². The average molecular weight is 369 g/mol. The molecule has 0 saturated heterocycles. The summed E-state index contributed by atoms with van der Waals surface area (Å²) in [6.45, 7) is -0.0624. The number of methoxy groups -OCH3 is 1. The van der Waals surface area contributed by atoms with Crippen molar-refractivity contribution >= 4 is 5.91 Å². The molecular weight excluding hydrogens is 342 g/mol. The lowest BCUT2D eigenvalue weighted by Gasteiger charge is -2.21. The predicted molar refractivity (Wildman–Crippen MR) is 105 cm³/mol. The van der Waals surface area contributed by atoms with Gasteiger partial charge < -0.3 is 10.1 Å². The number of benzene rings is 1. The van der Waals surface area contributed by atoms with Gasteiger partial charge in [0, 0.05) is 17.7 Å². The van der Waals surface area contributed by atoms with Crippen molar-refractivity contribution in [2.75, 3.05) is 7.11 Å². The molecule has 6 nitrogen and oxygen atoms in total. The third kappa shape index (κ3) is 5.42. The molecule has 1 fully saturated rings. The molecule has 1 amide bonds. The minimum atomic E-state index is -0.283. The Morgan fingerprint density at radius 1 is 1.15 bits per heavy atom. The number of carbonyl (C=O) groups is 1. The molecule has 0 atom stereocenters. The number of hydrogen-bond donors (Lipinski definition) is 1. The van der Waals surface area contributed by atoms with Gasteiger partial charge in [-0.15, -0.1) is 0 Å². The summed E-state index contributed by atoms with van der Waals surface area (Å²) in [6, 6.07) is 10.8. The van der Waals surface area contributed by atoms with Crippen LogP contribution in [-0.4, -0.2) is 28.8 Å². The Balaban J connectivity index is 1.70. The van der Waals surface area contributed by atoms with Gasteiger partial charge in [-0.1, -0.05) is 44.2 Å². The summed E-state index contributed by atoms with van der Waals surface area (Å²) in [7, 11) is 1.60. The van der Waals surface area contributed by atoms with E-state index in [4.69, 9.17) is 4.74 Å². The second-order valence-electron chi connectivity index (χ2n) is 7.06. The van der Waals surface area contributed by atoms with Crippen molar-refractivity contribution in [3.63, 3.8) is 0 Å². The van der Waals surface area contributed by atoms with Gasteiger partial charge in [-0.05, 0) is 31.0 Å². The monoisotopic (exact) mass is 369 g/mol. The molecule has 1 heterocycles. The lowest BCUT2D eigenvalue weighted by molar-refractivity contribution is -0.122. The van der Waals surface area contributed by atoms with E-state index < -0.39 is 0 Å². The first kappa shape index (κ1) is 19.1. The van der Waals surface area contributed by atoms with Crippen LogP contribution in [0.5, 0.6) is 5.75 Å². The summed E-state index contributed by atoms with van der Waals surface area (Å²) >= 11 is 0. The van der Waals surface area contributed by atoms with E-state index >= 15 is 0 Å². The normalized spacial score (nSPS) is 15.6. The van der Waals surface area contributed by atoms with Crippen LogP contribution in [0.4, 0.5) is 0 Å². The quantitative estimate of drug-likeness (QED) is 0.879. The minimum Gasteiger partial charge on any atom is -0.497 e. The van der Waals surface area contributed by atoms with Crippen LogP contribution in [0.15, 0.2) is 41.2 Å². The van der Waals surface area contributed by atoms with Gasteiger partial charge in [-0.25, -0.2) is 4.68 Å². The molecule has 1 aromatic carbocycles. The first-order valence-corrected chi connectivity index (χ1v) is 9.67. The largest absolute Gasteiger partial charge is 0.497 e. The van der Waals surface area contributed by atoms with E-state index in [9.17, 15) is 9.59 Å². The van der Waals surface area contributed by atoms with Gasteiger partial charge in [0.15, 0.2) is 0 Å². The van der Waals surface area contributed by atoms with Gasteiger partial charge >= 0.3 is 0 Å². The second-order valence-corrected chi connectivity index (χ2v) is 7.06. The van der Waals surface area contributed by atoms with Crippen molar-refractivity contribution in [1.82, 2.24) is 15.1 Å². The SMILES string of the molecule is COc1cccc(-c2ccc(=O)n(CC(=O)NC3CCCCCCC3)n2)c1. The Labute approximate surface area is 159 Å². The minimum absolute atomic E-state index is 0.0624. The van der Waals surface area contributed by atoms with E-state index in [-0.39, 0.29) is 24.1 Å². The van der Waals surface area contributed by atoms with Gasteiger partial charge in [0.05, 0.1) is 12.8 Å². The van der Waals surface area contributed by atoms with Gasteiger partial charge in [0.1, 0.15) is 12.3 Å². The number of rotatable bonds is 5. The van der Waals surface area contributed by atoms with Crippen LogP contribution in [0, 0.1) is 0 Å². The van der Waals surface area contributed by atoms with Crippen LogP contribution < -0.4 is 15.6 Å². The van der Waals surface area contributed by atoms with Crippen LogP contribution >= 0.6 is 0 Å². The van der Waals surface area contributed by atoms with Crippen LogP contribution in [-0.2, 0) is 11.3 Å². The zero-order valence-corrected chi connectivity index (χ0v) is 15.8. The van der Waals surface area contributed by atoms with E-state index in [1.165, 1.54) is 30.0 Å². The molecule has 0 aliphatic heterocycles. The van der Waals surface area contributed by atoms with E-state index in [0.29, 0.717) is 11.4 Å². The number of aromatic nitrogens is 2. The fourth-order valence-corrected chi connectivity index (χ4v) is 3.51. The molecule has 0 bridgehead atoms. The molecule has 1 aromatic heterocycles. The number of carbonyl (C=O) groups excluding carboxylic acids is 1. The first-order valence-electron chi connectivity index (χ1n) is 9.67. The van der Waals surface area contributed by atoms with Crippen LogP contribution in [0.25, 0.3) is 11.3 Å². The third-order valence-electron chi connectivity index (χ3n) is 5.00. The number of nitrogens with zero attached hydrogens (tertiary/aromatic N) is 2. The predicted octanol–water partition coefficient (Wildman–Crippen LogP) is 3.15. The molecule has 0 spiro atoms. The maximum atomic E-state index is 12.4. The Morgan fingerprint density at radius 3 is 2.63 bits per heavy atom. The number of ether oxygens (including phenoxy) is 1. The highest BCUT2D eigenvalue weighted by atomic mass is 16.5. The third-order valence-corrected chi connectivity index (χ3v) is 5.00. The van der Waals surface area contributed by atoms with Crippen molar-refractivity contribution in [3.8, 4) is 17.0 Å². The van der Waals surface area contributed by atoms with Gasteiger partial charge in [-0.2, -0.15) is 5.10 Å². The van der Waals surface area contributed by atoms with Crippen molar-refractivity contribution in [2.45, 2.75) is 57.5 Å². The van der Waals surface area contributed by atoms with E-state index in [0.717, 1.165) is 31.2 Å². The second kappa shape index (κ2) is 9.35. The molecule has 0 unspecified atom stereocenters. The van der Waals surface area contributed by atoms with Crippen LogP contribution in [0.3, 0.4) is 0 Å². The lowest BCUT2D eigenvalue weighted by Crippen LogP contribution is -2.39. The fourth-order valence-electron chi connectivity index (χ4n) is 3.51. The van der Waals surface area contributed by atoms with Gasteiger partial charge in [0.25, 0.3) is 5.56 Å². The molecule has 1 saturated carbocycles. The molecule has 3 rings (SSSR count). The molecule has 1 N–H and O–H groups in total. The Morgan fingerprint density at radius 2 is 1.89 bits per heavy atom. The summed E-state index contributed by atoms with van der Waals surface area (Å²) in [5.41, 5.74) is 1.19. The van der Waals surface area contributed by atoms with E-state index in [2.05, 4.69) is 10.4 Å². The lowest BCUT2D eigenvalue weighted by atomic mass is 9.97. The highest BCUT2D eigenvalue weighted by Gasteiger charge is 2.15. The summed E-state index contributed by atoms with van der Waals surface area (Å²) < 4.78 is 6.47. The summed E-state index contributed by atoms with van der Waals surface area (Å²) in [4.78, 5) is 24.6.